The highest BCUT2D eigenvalue weighted by Crippen LogP contribution is 2.09. The SMILES string of the molecule is C=C(C)C(=O)OC(COCCC[SiH](C)O[Si](C)(C)C)CN(C)C. The van der Waals surface area contributed by atoms with Crippen LogP contribution in [0.5, 0.6) is 0 Å². The summed E-state index contributed by atoms with van der Waals surface area (Å²) in [6.07, 6.45) is 0.739. The minimum absolute atomic E-state index is 0.262. The first-order valence-corrected chi connectivity index (χ1v) is 14.1. The maximum absolute atomic E-state index is 11.6. The van der Waals surface area contributed by atoms with Gasteiger partial charge in [0.2, 0.25) is 0 Å². The molecule has 0 aromatic heterocycles. The largest absolute Gasteiger partial charge is 0.458 e. The third kappa shape index (κ3) is 13.6. The molecular formula is C16H35NO4Si2. The summed E-state index contributed by atoms with van der Waals surface area (Å²) in [6.45, 7) is 16.0. The van der Waals surface area contributed by atoms with Gasteiger partial charge in [-0.05, 0) is 59.7 Å². The van der Waals surface area contributed by atoms with Crippen molar-refractivity contribution in [2.24, 2.45) is 0 Å². The summed E-state index contributed by atoms with van der Waals surface area (Å²) in [6, 6.07) is 1.12. The van der Waals surface area contributed by atoms with Gasteiger partial charge in [0.15, 0.2) is 17.4 Å². The van der Waals surface area contributed by atoms with Gasteiger partial charge in [-0.3, -0.25) is 0 Å². The first kappa shape index (κ1) is 22.5. The van der Waals surface area contributed by atoms with E-state index in [1.807, 2.05) is 19.0 Å². The third-order valence-electron chi connectivity index (χ3n) is 2.95. The van der Waals surface area contributed by atoms with Crippen molar-refractivity contribution in [1.29, 1.82) is 0 Å². The van der Waals surface area contributed by atoms with E-state index >= 15 is 0 Å². The minimum Gasteiger partial charge on any atom is -0.458 e. The Morgan fingerprint density at radius 3 is 2.39 bits per heavy atom. The summed E-state index contributed by atoms with van der Waals surface area (Å²) in [5.74, 6) is -0.356. The van der Waals surface area contributed by atoms with E-state index in [0.717, 1.165) is 12.5 Å². The third-order valence-corrected chi connectivity index (χ3v) is 8.61. The first-order chi connectivity index (χ1) is 10.5. The number of nitrogens with zero attached hydrogens (tertiary/aromatic N) is 1. The highest BCUT2D eigenvalue weighted by molar-refractivity contribution is 6.77. The number of rotatable bonds is 12. The molecule has 0 spiro atoms. The molecule has 7 heteroatoms. The summed E-state index contributed by atoms with van der Waals surface area (Å²) >= 11 is 0. The number of ether oxygens (including phenoxy) is 2. The van der Waals surface area contributed by atoms with Crippen LogP contribution in [0, 0.1) is 0 Å². The van der Waals surface area contributed by atoms with E-state index in [-0.39, 0.29) is 12.1 Å². The van der Waals surface area contributed by atoms with Crippen molar-refractivity contribution in [3.63, 3.8) is 0 Å². The summed E-state index contributed by atoms with van der Waals surface area (Å²) in [7, 11) is 1.41. The van der Waals surface area contributed by atoms with Gasteiger partial charge < -0.3 is 18.5 Å². The van der Waals surface area contributed by atoms with Crippen molar-refractivity contribution >= 4 is 23.3 Å². The second-order valence-electron chi connectivity index (χ2n) is 7.33. The lowest BCUT2D eigenvalue weighted by molar-refractivity contribution is -0.148. The van der Waals surface area contributed by atoms with Gasteiger partial charge in [-0.25, -0.2) is 4.79 Å². The van der Waals surface area contributed by atoms with Crippen LogP contribution in [0.1, 0.15) is 13.3 Å². The van der Waals surface area contributed by atoms with E-state index in [9.17, 15) is 4.79 Å². The molecule has 23 heavy (non-hydrogen) atoms. The smallest absolute Gasteiger partial charge is 0.333 e. The van der Waals surface area contributed by atoms with Crippen LogP contribution >= 0.6 is 0 Å². The average Bonchev–Trinajstić information content (AvgIpc) is 2.34. The van der Waals surface area contributed by atoms with Crippen molar-refractivity contribution in [3.05, 3.63) is 12.2 Å². The Morgan fingerprint density at radius 1 is 1.30 bits per heavy atom. The molecule has 0 heterocycles. The highest BCUT2D eigenvalue weighted by atomic mass is 28.4. The van der Waals surface area contributed by atoms with E-state index in [1.165, 1.54) is 0 Å². The van der Waals surface area contributed by atoms with Crippen LogP contribution in [0.25, 0.3) is 0 Å². The average molecular weight is 362 g/mol. The van der Waals surface area contributed by atoms with Crippen LogP contribution < -0.4 is 0 Å². The molecule has 0 N–H and O–H groups in total. The summed E-state index contributed by atoms with van der Waals surface area (Å²) < 4.78 is 17.2. The van der Waals surface area contributed by atoms with E-state index in [1.54, 1.807) is 6.92 Å². The molecule has 0 amide bonds. The van der Waals surface area contributed by atoms with Gasteiger partial charge in [-0.1, -0.05) is 6.58 Å². The molecule has 0 rings (SSSR count). The molecule has 2 atom stereocenters. The predicted octanol–water partition coefficient (Wildman–Crippen LogP) is 2.65. The molecule has 0 aliphatic rings. The van der Waals surface area contributed by atoms with Gasteiger partial charge in [0.25, 0.3) is 0 Å². The van der Waals surface area contributed by atoms with Gasteiger partial charge in [0.1, 0.15) is 6.10 Å². The number of hydrogen-bond acceptors (Lipinski definition) is 5. The fourth-order valence-corrected chi connectivity index (χ4v) is 8.17. The molecule has 0 aliphatic heterocycles. The zero-order chi connectivity index (χ0) is 18.0. The second-order valence-corrected chi connectivity index (χ2v) is 14.7. The summed E-state index contributed by atoms with van der Waals surface area (Å²) in [4.78, 5) is 13.6. The van der Waals surface area contributed by atoms with E-state index in [0.29, 0.717) is 25.3 Å². The molecule has 5 nitrogen and oxygen atoms in total. The van der Waals surface area contributed by atoms with Crippen LogP contribution in [0.4, 0.5) is 0 Å². The van der Waals surface area contributed by atoms with Crippen molar-refractivity contribution in [2.45, 2.75) is 51.7 Å². The summed E-state index contributed by atoms with van der Waals surface area (Å²) in [5.41, 5.74) is 0.414. The van der Waals surface area contributed by atoms with Gasteiger partial charge in [0.05, 0.1) is 6.61 Å². The van der Waals surface area contributed by atoms with E-state index < -0.39 is 17.4 Å². The van der Waals surface area contributed by atoms with Gasteiger partial charge in [-0.2, -0.15) is 0 Å². The Hall–Kier alpha value is -0.476. The van der Waals surface area contributed by atoms with E-state index in [2.05, 4.69) is 32.8 Å². The lowest BCUT2D eigenvalue weighted by atomic mass is 10.3. The van der Waals surface area contributed by atoms with Crippen LogP contribution in [-0.4, -0.2) is 68.2 Å². The molecular weight excluding hydrogens is 326 g/mol. The molecule has 0 radical (unpaired) electrons. The van der Waals surface area contributed by atoms with Crippen LogP contribution in [-0.2, 0) is 18.4 Å². The number of hydrogen-bond donors (Lipinski definition) is 0. The number of likely N-dealkylation sites (N-methyl/N-ethyl adjacent to an activating group) is 1. The Bertz CT molecular complexity index is 370. The maximum atomic E-state index is 11.6. The monoisotopic (exact) mass is 361 g/mol. The zero-order valence-corrected chi connectivity index (χ0v) is 18.1. The molecule has 0 aromatic rings. The molecule has 0 saturated heterocycles. The molecule has 0 aliphatic carbocycles. The fourth-order valence-electron chi connectivity index (χ4n) is 2.13. The first-order valence-electron chi connectivity index (χ1n) is 8.28. The van der Waals surface area contributed by atoms with Crippen molar-refractivity contribution < 1.29 is 18.4 Å². The van der Waals surface area contributed by atoms with Crippen LogP contribution in [0.2, 0.25) is 32.2 Å². The molecule has 0 aromatic carbocycles. The zero-order valence-electron chi connectivity index (χ0n) is 16.0. The van der Waals surface area contributed by atoms with Crippen LogP contribution in [0.3, 0.4) is 0 Å². The Morgan fingerprint density at radius 2 is 1.91 bits per heavy atom. The number of carbonyl (C=O) groups is 1. The summed E-state index contributed by atoms with van der Waals surface area (Å²) in [5, 5.41) is 0. The highest BCUT2D eigenvalue weighted by Gasteiger charge is 2.19. The Kier molecular flexibility index (Phi) is 10.9. The van der Waals surface area contributed by atoms with E-state index in [4.69, 9.17) is 13.6 Å². The molecule has 136 valence electrons. The lowest BCUT2D eigenvalue weighted by Crippen LogP contribution is -2.34. The van der Waals surface area contributed by atoms with Crippen molar-refractivity contribution in [3.8, 4) is 0 Å². The minimum atomic E-state index is -1.40. The Balaban J connectivity index is 4.03. The van der Waals surface area contributed by atoms with Gasteiger partial charge in [0, 0.05) is 18.7 Å². The molecule has 0 bridgehead atoms. The van der Waals surface area contributed by atoms with Crippen LogP contribution in [0.15, 0.2) is 12.2 Å². The number of carbonyl (C=O) groups excluding carboxylic acids is 1. The van der Waals surface area contributed by atoms with Gasteiger partial charge >= 0.3 is 5.97 Å². The maximum Gasteiger partial charge on any atom is 0.333 e. The number of esters is 1. The predicted molar refractivity (Wildman–Crippen MR) is 101 cm³/mol. The molecule has 2 unspecified atom stereocenters. The lowest BCUT2D eigenvalue weighted by Gasteiger charge is -2.23. The Labute approximate surface area is 144 Å². The molecule has 0 fully saturated rings. The quantitative estimate of drug-likeness (QED) is 0.231. The van der Waals surface area contributed by atoms with Gasteiger partial charge in [-0.15, -0.1) is 0 Å². The van der Waals surface area contributed by atoms with Crippen molar-refractivity contribution in [1.82, 2.24) is 4.90 Å². The standard InChI is InChI=1S/C16H35NO4Si2/c1-14(2)16(18)20-15(12-17(3)4)13-19-10-9-11-22(5)21-23(6,7)8/h15,22H,1,9-13H2,2-8H3. The fraction of sp³-hybridized carbons (Fsp3) is 0.812. The van der Waals surface area contributed by atoms with Crippen molar-refractivity contribution in [2.75, 3.05) is 33.9 Å². The molecule has 0 saturated carbocycles. The second kappa shape index (κ2) is 11.1. The topological polar surface area (TPSA) is 48.0 Å². The normalized spacial score (nSPS) is 14.6.